The number of aryl methyl sites for hydroxylation is 1. The van der Waals surface area contributed by atoms with E-state index in [1.807, 2.05) is 0 Å². The minimum Gasteiger partial charge on any atom is -0.368 e. The molecule has 0 aromatic carbocycles. The van der Waals surface area contributed by atoms with Crippen LogP contribution in [-0.2, 0) is 7.05 Å². The zero-order chi connectivity index (χ0) is 10.8. The number of rotatable bonds is 2. The maximum atomic E-state index is 13.2. The molecule has 0 radical (unpaired) electrons. The lowest BCUT2D eigenvalue weighted by Gasteiger charge is -2.01. The van der Waals surface area contributed by atoms with Crippen molar-refractivity contribution < 1.29 is 4.39 Å². The Labute approximate surface area is 88.7 Å². The summed E-state index contributed by atoms with van der Waals surface area (Å²) in [4.78, 5) is 7.29. The van der Waals surface area contributed by atoms with Gasteiger partial charge in [-0.05, 0) is 11.8 Å². The van der Waals surface area contributed by atoms with Gasteiger partial charge < -0.3 is 10.3 Å². The Kier molecular flexibility index (Phi) is 2.50. The van der Waals surface area contributed by atoms with Crippen LogP contribution in [0.3, 0.4) is 0 Å². The van der Waals surface area contributed by atoms with E-state index in [1.165, 1.54) is 6.33 Å². The second kappa shape index (κ2) is 3.81. The van der Waals surface area contributed by atoms with Gasteiger partial charge in [0.25, 0.3) is 0 Å². The summed E-state index contributed by atoms with van der Waals surface area (Å²) in [6.07, 6.45) is 2.55. The minimum absolute atomic E-state index is 0.0288. The molecule has 0 atom stereocenters. The third-order valence-corrected chi connectivity index (χ3v) is 2.62. The molecule has 0 saturated heterocycles. The second-order valence-electron chi connectivity index (χ2n) is 2.71. The lowest BCUT2D eigenvalue weighted by molar-refractivity contribution is 0.579. The highest BCUT2D eigenvalue weighted by Gasteiger charge is 2.10. The van der Waals surface area contributed by atoms with Gasteiger partial charge in [0.2, 0.25) is 5.95 Å². The van der Waals surface area contributed by atoms with Gasteiger partial charge in [-0.2, -0.15) is 0 Å². The standard InChI is InChI=1S/C7H7FN6S/c1-14-3-11-13-7(14)15-5-4(8)2-10-6(9)12-5/h2-3H,1H3,(H2,9,10,12). The summed E-state index contributed by atoms with van der Waals surface area (Å²) < 4.78 is 14.9. The van der Waals surface area contributed by atoms with Gasteiger partial charge in [0.05, 0.1) is 6.20 Å². The number of nitrogen functional groups attached to an aromatic ring is 1. The zero-order valence-corrected chi connectivity index (χ0v) is 8.57. The van der Waals surface area contributed by atoms with Crippen molar-refractivity contribution in [3.05, 3.63) is 18.3 Å². The molecule has 6 nitrogen and oxygen atoms in total. The first-order valence-electron chi connectivity index (χ1n) is 3.96. The van der Waals surface area contributed by atoms with Crippen molar-refractivity contribution in [2.24, 2.45) is 7.05 Å². The molecule has 2 aromatic heterocycles. The molecule has 0 spiro atoms. The number of nitrogens with two attached hydrogens (primary N) is 1. The highest BCUT2D eigenvalue weighted by Crippen LogP contribution is 2.25. The monoisotopic (exact) mass is 226 g/mol. The van der Waals surface area contributed by atoms with Crippen molar-refractivity contribution in [1.29, 1.82) is 0 Å². The van der Waals surface area contributed by atoms with Crippen LogP contribution in [-0.4, -0.2) is 24.7 Å². The quantitative estimate of drug-likeness (QED) is 0.750. The van der Waals surface area contributed by atoms with E-state index in [0.29, 0.717) is 5.16 Å². The largest absolute Gasteiger partial charge is 0.368 e. The molecule has 0 amide bonds. The van der Waals surface area contributed by atoms with Crippen LogP contribution >= 0.6 is 11.8 Å². The molecule has 0 aliphatic heterocycles. The van der Waals surface area contributed by atoms with Crippen molar-refractivity contribution in [2.75, 3.05) is 5.73 Å². The molecule has 0 bridgehead atoms. The van der Waals surface area contributed by atoms with E-state index in [9.17, 15) is 4.39 Å². The highest BCUT2D eigenvalue weighted by atomic mass is 32.2. The van der Waals surface area contributed by atoms with Crippen molar-refractivity contribution in [1.82, 2.24) is 24.7 Å². The Balaban J connectivity index is 2.32. The summed E-state index contributed by atoms with van der Waals surface area (Å²) in [6.45, 7) is 0. The number of halogens is 1. The van der Waals surface area contributed by atoms with Crippen LogP contribution in [0.4, 0.5) is 10.3 Å². The van der Waals surface area contributed by atoms with Gasteiger partial charge in [-0.15, -0.1) is 10.2 Å². The van der Waals surface area contributed by atoms with Gasteiger partial charge in [-0.1, -0.05) is 0 Å². The second-order valence-corrected chi connectivity index (χ2v) is 3.66. The Bertz CT molecular complexity index is 484. The van der Waals surface area contributed by atoms with Crippen LogP contribution in [0.1, 0.15) is 0 Å². The summed E-state index contributed by atoms with van der Waals surface area (Å²) in [6, 6.07) is 0. The molecule has 15 heavy (non-hydrogen) atoms. The first-order chi connectivity index (χ1) is 7.16. The van der Waals surface area contributed by atoms with Crippen molar-refractivity contribution >= 4 is 17.7 Å². The molecule has 0 aliphatic rings. The number of aromatic nitrogens is 5. The molecule has 78 valence electrons. The van der Waals surface area contributed by atoms with Gasteiger partial charge in [-0.25, -0.2) is 14.4 Å². The Morgan fingerprint density at radius 2 is 2.33 bits per heavy atom. The van der Waals surface area contributed by atoms with E-state index in [4.69, 9.17) is 5.73 Å². The zero-order valence-electron chi connectivity index (χ0n) is 7.75. The number of hydrogen-bond donors (Lipinski definition) is 1. The molecule has 0 aliphatic carbocycles. The van der Waals surface area contributed by atoms with Crippen molar-refractivity contribution in [2.45, 2.75) is 10.2 Å². The van der Waals surface area contributed by atoms with Gasteiger partial charge in [0, 0.05) is 7.05 Å². The molecule has 2 heterocycles. The molecular formula is C7H7FN6S. The minimum atomic E-state index is -0.530. The Morgan fingerprint density at radius 1 is 1.53 bits per heavy atom. The highest BCUT2D eigenvalue weighted by molar-refractivity contribution is 7.99. The molecule has 0 unspecified atom stereocenters. The summed E-state index contributed by atoms with van der Waals surface area (Å²) >= 11 is 1.04. The molecule has 2 N–H and O–H groups in total. The summed E-state index contributed by atoms with van der Waals surface area (Å²) in [7, 11) is 1.75. The van der Waals surface area contributed by atoms with Crippen LogP contribution in [0, 0.1) is 5.82 Å². The van der Waals surface area contributed by atoms with Crippen molar-refractivity contribution in [3.8, 4) is 0 Å². The lowest BCUT2D eigenvalue weighted by Crippen LogP contribution is -1.99. The van der Waals surface area contributed by atoms with Crippen LogP contribution in [0.25, 0.3) is 0 Å². The first kappa shape index (κ1) is 9.84. The topological polar surface area (TPSA) is 82.5 Å². The third-order valence-electron chi connectivity index (χ3n) is 1.59. The Hall–Kier alpha value is -1.70. The van der Waals surface area contributed by atoms with Gasteiger partial charge >= 0.3 is 0 Å². The SMILES string of the molecule is Cn1cnnc1Sc1nc(N)ncc1F. The van der Waals surface area contributed by atoms with Gasteiger partial charge in [0.1, 0.15) is 11.4 Å². The molecule has 2 aromatic rings. The fourth-order valence-corrected chi connectivity index (χ4v) is 1.63. The average Bonchev–Trinajstić information content (AvgIpc) is 2.58. The molecule has 2 rings (SSSR count). The lowest BCUT2D eigenvalue weighted by atomic mass is 10.6. The number of hydrogen-bond acceptors (Lipinski definition) is 6. The van der Waals surface area contributed by atoms with Crippen molar-refractivity contribution in [3.63, 3.8) is 0 Å². The Morgan fingerprint density at radius 3 is 3.00 bits per heavy atom. The van der Waals surface area contributed by atoms with Crippen LogP contribution in [0.5, 0.6) is 0 Å². The van der Waals surface area contributed by atoms with Crippen LogP contribution < -0.4 is 5.73 Å². The van der Waals surface area contributed by atoms with E-state index in [1.54, 1.807) is 11.6 Å². The molecule has 0 fully saturated rings. The summed E-state index contributed by atoms with van der Waals surface area (Å²) in [5.74, 6) is -0.502. The van der Waals surface area contributed by atoms with Crippen LogP contribution in [0.15, 0.2) is 22.7 Å². The smallest absolute Gasteiger partial charge is 0.221 e. The van der Waals surface area contributed by atoms with E-state index in [-0.39, 0.29) is 11.0 Å². The number of anilines is 1. The predicted molar refractivity (Wildman–Crippen MR) is 51.5 cm³/mol. The predicted octanol–water partition coefficient (Wildman–Crippen LogP) is 0.478. The molecule has 8 heteroatoms. The fourth-order valence-electron chi connectivity index (χ4n) is 0.887. The molecule has 0 saturated carbocycles. The van der Waals surface area contributed by atoms with Gasteiger partial charge in [-0.3, -0.25) is 0 Å². The van der Waals surface area contributed by atoms with Gasteiger partial charge in [0.15, 0.2) is 11.0 Å². The van der Waals surface area contributed by atoms with E-state index < -0.39 is 5.82 Å². The third kappa shape index (κ3) is 2.04. The summed E-state index contributed by atoms with van der Waals surface area (Å²) in [5, 5.41) is 8.13. The van der Waals surface area contributed by atoms with E-state index in [0.717, 1.165) is 18.0 Å². The average molecular weight is 226 g/mol. The van der Waals surface area contributed by atoms with Crippen LogP contribution in [0.2, 0.25) is 0 Å². The van der Waals surface area contributed by atoms with E-state index >= 15 is 0 Å². The maximum Gasteiger partial charge on any atom is 0.221 e. The molecular weight excluding hydrogens is 219 g/mol. The normalized spacial score (nSPS) is 10.5. The fraction of sp³-hybridized carbons (Fsp3) is 0.143. The maximum absolute atomic E-state index is 13.2. The first-order valence-corrected chi connectivity index (χ1v) is 4.78. The summed E-state index contributed by atoms with van der Waals surface area (Å²) in [5.41, 5.74) is 5.35. The van der Waals surface area contributed by atoms with E-state index in [2.05, 4.69) is 20.2 Å². The number of nitrogens with zero attached hydrogens (tertiary/aromatic N) is 5.